The van der Waals surface area contributed by atoms with Crippen molar-refractivity contribution in [2.45, 2.75) is 6.54 Å². The van der Waals surface area contributed by atoms with E-state index in [0.29, 0.717) is 17.0 Å². The maximum absolute atomic E-state index is 13.1. The Kier molecular flexibility index (Phi) is 4.66. The lowest BCUT2D eigenvalue weighted by Crippen LogP contribution is -2.31. The number of hydrogen-bond donors (Lipinski definition) is 1. The molecule has 0 saturated heterocycles. The molecule has 4 rings (SSSR count). The quantitative estimate of drug-likeness (QED) is 0.392. The summed E-state index contributed by atoms with van der Waals surface area (Å²) in [6, 6.07) is 17.9. The van der Waals surface area contributed by atoms with Crippen LogP contribution in [0.1, 0.15) is 11.3 Å². The molecule has 144 valence electrons. The molecule has 1 aliphatic heterocycles. The van der Waals surface area contributed by atoms with Crippen molar-refractivity contribution in [2.24, 2.45) is 0 Å². The van der Waals surface area contributed by atoms with Gasteiger partial charge in [-0.15, -0.1) is 0 Å². The van der Waals surface area contributed by atoms with Crippen molar-refractivity contribution < 1.29 is 18.9 Å². The van der Waals surface area contributed by atoms with E-state index in [9.17, 15) is 19.7 Å². The minimum atomic E-state index is -0.522. The molecule has 29 heavy (non-hydrogen) atoms. The number of non-ortho nitro benzene ring substituents is 1. The molecule has 1 aliphatic rings. The zero-order valence-corrected chi connectivity index (χ0v) is 15.1. The number of nitro benzene ring substituents is 1. The van der Waals surface area contributed by atoms with Crippen molar-refractivity contribution in [3.63, 3.8) is 0 Å². The Balaban J connectivity index is 1.75. The minimum Gasteiger partial charge on any atom is -0.467 e. The molecular weight excluding hydrogens is 374 g/mol. The molecule has 2 aromatic carbocycles. The van der Waals surface area contributed by atoms with Gasteiger partial charge in [-0.3, -0.25) is 24.6 Å². The Morgan fingerprint density at radius 1 is 0.931 bits per heavy atom. The fourth-order valence-electron chi connectivity index (χ4n) is 3.08. The zero-order valence-electron chi connectivity index (χ0n) is 15.1. The lowest BCUT2D eigenvalue weighted by Gasteiger charge is -2.13. The number of carbonyl (C=O) groups is 2. The van der Waals surface area contributed by atoms with Crippen LogP contribution in [0.2, 0.25) is 0 Å². The molecule has 8 nitrogen and oxygen atoms in total. The van der Waals surface area contributed by atoms with Gasteiger partial charge in [0.15, 0.2) is 0 Å². The lowest BCUT2D eigenvalue weighted by molar-refractivity contribution is -0.384. The van der Waals surface area contributed by atoms with Crippen molar-refractivity contribution >= 4 is 28.8 Å². The Labute approximate surface area is 165 Å². The molecule has 0 saturated carbocycles. The largest absolute Gasteiger partial charge is 0.467 e. The molecule has 3 aromatic rings. The number of nitrogens with zero attached hydrogens (tertiary/aromatic N) is 2. The van der Waals surface area contributed by atoms with E-state index in [1.165, 1.54) is 30.5 Å². The summed E-state index contributed by atoms with van der Waals surface area (Å²) in [4.78, 5) is 37.6. The first-order valence-electron chi connectivity index (χ1n) is 8.74. The minimum absolute atomic E-state index is 0.0128. The molecule has 8 heteroatoms. The van der Waals surface area contributed by atoms with E-state index in [-0.39, 0.29) is 23.5 Å². The standard InChI is InChI=1S/C21H15N3O5/c25-20-18(14-8-10-16(11-9-14)24(27)28)19(22-15-5-2-1-3-6-15)21(26)23(20)13-17-7-4-12-29-17/h1-12,22H,13H2. The third-order valence-corrected chi connectivity index (χ3v) is 4.47. The number of benzene rings is 2. The average molecular weight is 389 g/mol. The zero-order chi connectivity index (χ0) is 20.4. The first-order valence-corrected chi connectivity index (χ1v) is 8.74. The second-order valence-electron chi connectivity index (χ2n) is 6.32. The van der Waals surface area contributed by atoms with Crippen LogP contribution in [0.15, 0.2) is 83.1 Å². The highest BCUT2D eigenvalue weighted by Crippen LogP contribution is 2.32. The number of nitrogens with one attached hydrogen (secondary N) is 1. The molecule has 1 N–H and O–H groups in total. The van der Waals surface area contributed by atoms with Gasteiger partial charge in [0.05, 0.1) is 23.3 Å². The van der Waals surface area contributed by atoms with Crippen molar-refractivity contribution in [3.05, 3.63) is 100 Å². The van der Waals surface area contributed by atoms with E-state index in [4.69, 9.17) is 4.42 Å². The summed E-state index contributed by atoms with van der Waals surface area (Å²) in [6.45, 7) is -0.0128. The van der Waals surface area contributed by atoms with Gasteiger partial charge in [-0.05, 0) is 42.0 Å². The number of anilines is 1. The molecule has 0 atom stereocenters. The summed E-state index contributed by atoms with van der Waals surface area (Å²) in [6.07, 6.45) is 1.47. The highest BCUT2D eigenvalue weighted by Gasteiger charge is 2.39. The van der Waals surface area contributed by atoms with Gasteiger partial charge in [0.2, 0.25) is 0 Å². The van der Waals surface area contributed by atoms with Gasteiger partial charge in [0, 0.05) is 17.8 Å². The number of para-hydroxylation sites is 1. The maximum Gasteiger partial charge on any atom is 0.278 e. The van der Waals surface area contributed by atoms with Gasteiger partial charge in [-0.1, -0.05) is 18.2 Å². The predicted molar refractivity (Wildman–Crippen MR) is 104 cm³/mol. The highest BCUT2D eigenvalue weighted by atomic mass is 16.6. The van der Waals surface area contributed by atoms with Crippen LogP contribution in [-0.2, 0) is 16.1 Å². The van der Waals surface area contributed by atoms with Crippen LogP contribution in [0.3, 0.4) is 0 Å². The summed E-state index contributed by atoms with van der Waals surface area (Å²) in [7, 11) is 0. The van der Waals surface area contributed by atoms with Crippen molar-refractivity contribution in [3.8, 4) is 0 Å². The molecule has 1 aromatic heterocycles. The molecule has 0 aliphatic carbocycles. The van der Waals surface area contributed by atoms with Gasteiger partial charge in [0.25, 0.3) is 17.5 Å². The first-order chi connectivity index (χ1) is 14.0. The summed E-state index contributed by atoms with van der Waals surface area (Å²) in [5.74, 6) is -0.530. The van der Waals surface area contributed by atoms with Gasteiger partial charge in [-0.25, -0.2) is 0 Å². The van der Waals surface area contributed by atoms with Crippen LogP contribution in [-0.4, -0.2) is 21.6 Å². The normalized spacial score (nSPS) is 13.9. The molecule has 2 amide bonds. The van der Waals surface area contributed by atoms with Crippen LogP contribution in [0.5, 0.6) is 0 Å². The second-order valence-corrected chi connectivity index (χ2v) is 6.32. The molecule has 0 fully saturated rings. The maximum atomic E-state index is 13.1. The van der Waals surface area contributed by atoms with E-state index in [1.54, 1.807) is 36.4 Å². The van der Waals surface area contributed by atoms with E-state index >= 15 is 0 Å². The van der Waals surface area contributed by atoms with Crippen LogP contribution in [0, 0.1) is 10.1 Å². The molecule has 2 heterocycles. The Bertz CT molecular complexity index is 1100. The summed E-state index contributed by atoms with van der Waals surface area (Å²) in [5, 5.41) is 13.9. The van der Waals surface area contributed by atoms with Gasteiger partial charge in [0.1, 0.15) is 11.5 Å². The Morgan fingerprint density at radius 3 is 2.28 bits per heavy atom. The second kappa shape index (κ2) is 7.43. The van der Waals surface area contributed by atoms with E-state index in [2.05, 4.69) is 5.32 Å². The molecular formula is C21H15N3O5. The fourth-order valence-corrected chi connectivity index (χ4v) is 3.08. The summed E-state index contributed by atoms with van der Waals surface area (Å²) >= 11 is 0. The number of amides is 2. The van der Waals surface area contributed by atoms with Crippen molar-refractivity contribution in [1.82, 2.24) is 4.90 Å². The molecule has 0 spiro atoms. The average Bonchev–Trinajstić information content (AvgIpc) is 3.32. The highest BCUT2D eigenvalue weighted by molar-refractivity contribution is 6.36. The lowest BCUT2D eigenvalue weighted by atomic mass is 10.0. The smallest absolute Gasteiger partial charge is 0.278 e. The van der Waals surface area contributed by atoms with E-state index in [0.717, 1.165) is 4.90 Å². The van der Waals surface area contributed by atoms with E-state index in [1.807, 2.05) is 6.07 Å². The number of rotatable bonds is 6. The third kappa shape index (κ3) is 3.51. The molecule has 0 bridgehead atoms. The van der Waals surface area contributed by atoms with Crippen molar-refractivity contribution in [1.29, 1.82) is 0 Å². The van der Waals surface area contributed by atoms with Crippen LogP contribution in [0.25, 0.3) is 5.57 Å². The van der Waals surface area contributed by atoms with E-state index < -0.39 is 16.7 Å². The molecule has 0 radical (unpaired) electrons. The number of nitro groups is 1. The monoisotopic (exact) mass is 389 g/mol. The molecule has 0 unspecified atom stereocenters. The predicted octanol–water partition coefficient (Wildman–Crippen LogP) is 3.58. The SMILES string of the molecule is O=C1C(Nc2ccccc2)=C(c2ccc([N+](=O)[O-])cc2)C(=O)N1Cc1ccco1. The Hall–Kier alpha value is -4.20. The summed E-state index contributed by atoms with van der Waals surface area (Å²) in [5.41, 5.74) is 1.22. The Morgan fingerprint density at radius 2 is 1.66 bits per heavy atom. The van der Waals surface area contributed by atoms with Gasteiger partial charge >= 0.3 is 0 Å². The van der Waals surface area contributed by atoms with Crippen molar-refractivity contribution in [2.75, 3.05) is 5.32 Å². The van der Waals surface area contributed by atoms with Crippen LogP contribution in [0.4, 0.5) is 11.4 Å². The first kappa shape index (κ1) is 18.2. The summed E-state index contributed by atoms with van der Waals surface area (Å²) < 4.78 is 5.27. The van der Waals surface area contributed by atoms with Crippen LogP contribution < -0.4 is 5.32 Å². The number of furan rings is 1. The van der Waals surface area contributed by atoms with Gasteiger partial charge < -0.3 is 9.73 Å². The van der Waals surface area contributed by atoms with Gasteiger partial charge in [-0.2, -0.15) is 0 Å². The third-order valence-electron chi connectivity index (χ3n) is 4.47. The van der Waals surface area contributed by atoms with Crippen LogP contribution >= 0.6 is 0 Å². The number of imide groups is 1. The number of hydrogen-bond acceptors (Lipinski definition) is 6. The number of carbonyl (C=O) groups excluding carboxylic acids is 2. The topological polar surface area (TPSA) is 106 Å². The fraction of sp³-hybridized carbons (Fsp3) is 0.0476.